The number of hydrogen-bond acceptors (Lipinski definition) is 6. The Morgan fingerprint density at radius 2 is 1.95 bits per heavy atom. The van der Waals surface area contributed by atoms with Gasteiger partial charge in [-0.2, -0.15) is 0 Å². The topological polar surface area (TPSA) is 116 Å². The van der Waals surface area contributed by atoms with Crippen LogP contribution in [-0.2, 0) is 24.2 Å². The van der Waals surface area contributed by atoms with Gasteiger partial charge in [0.15, 0.2) is 9.84 Å². The molecule has 3 N–H and O–H groups in total. The molecule has 0 aromatic heterocycles. The highest BCUT2D eigenvalue weighted by Gasteiger charge is 2.21. The molecule has 1 rings (SSSR count). The lowest BCUT2D eigenvalue weighted by Crippen LogP contribution is -2.28. The maximum Gasteiger partial charge on any atom is 0.320 e. The molecular weight excluding hydrogens is 284 g/mol. The molecule has 1 aromatic rings. The number of nitrogens with two attached hydrogens (primary N) is 1. The van der Waals surface area contributed by atoms with Crippen LogP contribution in [0, 0.1) is 6.92 Å². The van der Waals surface area contributed by atoms with Crippen LogP contribution < -0.4 is 11.1 Å². The van der Waals surface area contributed by atoms with Crippen molar-refractivity contribution in [2.24, 2.45) is 0 Å². The van der Waals surface area contributed by atoms with E-state index in [9.17, 15) is 18.0 Å². The van der Waals surface area contributed by atoms with E-state index >= 15 is 0 Å². The van der Waals surface area contributed by atoms with Crippen molar-refractivity contribution in [3.63, 3.8) is 0 Å². The molecule has 0 radical (unpaired) electrons. The van der Waals surface area contributed by atoms with E-state index in [0.717, 1.165) is 7.11 Å². The molecule has 0 saturated carbocycles. The third-order valence-corrected chi connectivity index (χ3v) is 3.86. The number of hydrogen-bond donors (Lipinski definition) is 2. The van der Waals surface area contributed by atoms with E-state index in [1.165, 1.54) is 0 Å². The second kappa shape index (κ2) is 6.38. The van der Waals surface area contributed by atoms with Gasteiger partial charge < -0.3 is 15.8 Å². The molecule has 1 amide bonds. The monoisotopic (exact) mass is 300 g/mol. The van der Waals surface area contributed by atoms with E-state index in [4.69, 9.17) is 5.73 Å². The number of para-hydroxylation sites is 1. The Bertz CT molecular complexity index is 604. The molecule has 0 spiro atoms. The lowest BCUT2D eigenvalue weighted by molar-refractivity contribution is -0.137. The lowest BCUT2D eigenvalue weighted by Gasteiger charge is -2.11. The van der Waals surface area contributed by atoms with E-state index in [-0.39, 0.29) is 0 Å². The number of carbonyl (C=O) groups excluding carboxylic acids is 2. The Labute approximate surface area is 117 Å². The molecule has 0 saturated heterocycles. The van der Waals surface area contributed by atoms with Crippen LogP contribution in [0.1, 0.15) is 5.56 Å². The fourth-order valence-corrected chi connectivity index (χ4v) is 2.58. The molecule has 7 nitrogen and oxygen atoms in total. The highest BCUT2D eigenvalue weighted by molar-refractivity contribution is 7.92. The van der Waals surface area contributed by atoms with Gasteiger partial charge in [-0.3, -0.25) is 9.59 Å². The van der Waals surface area contributed by atoms with Crippen LogP contribution in [-0.4, -0.2) is 38.9 Å². The minimum Gasteiger partial charge on any atom is -0.468 e. The number of aryl methyl sites for hydroxylation is 1. The second-order valence-corrected chi connectivity index (χ2v) is 6.26. The first-order valence-electron chi connectivity index (χ1n) is 5.67. The predicted molar refractivity (Wildman–Crippen MR) is 74.9 cm³/mol. The summed E-state index contributed by atoms with van der Waals surface area (Å²) in [5, 5.41) is 2.43. The fourth-order valence-electron chi connectivity index (χ4n) is 1.53. The van der Waals surface area contributed by atoms with Crippen molar-refractivity contribution in [1.82, 2.24) is 0 Å². The number of nitrogen functional groups attached to an aromatic ring is 1. The van der Waals surface area contributed by atoms with Crippen LogP contribution in [0.2, 0.25) is 0 Å². The summed E-state index contributed by atoms with van der Waals surface area (Å²) in [4.78, 5) is 22.6. The maximum atomic E-state index is 11.7. The van der Waals surface area contributed by atoms with Crippen molar-refractivity contribution in [2.75, 3.05) is 29.7 Å². The van der Waals surface area contributed by atoms with Gasteiger partial charge in [-0.05, 0) is 18.6 Å². The lowest BCUT2D eigenvalue weighted by atomic mass is 10.1. The molecule has 0 unspecified atom stereocenters. The minimum atomic E-state index is -3.87. The molecule has 0 fully saturated rings. The van der Waals surface area contributed by atoms with Gasteiger partial charge in [-0.15, -0.1) is 0 Å². The molecule has 1 aromatic carbocycles. The number of benzene rings is 1. The average molecular weight is 300 g/mol. The van der Waals surface area contributed by atoms with Crippen LogP contribution in [0.5, 0.6) is 0 Å². The van der Waals surface area contributed by atoms with Crippen molar-refractivity contribution in [1.29, 1.82) is 0 Å². The molecule has 0 aliphatic carbocycles. The van der Waals surface area contributed by atoms with Crippen LogP contribution in [0.25, 0.3) is 0 Å². The van der Waals surface area contributed by atoms with E-state index in [1.807, 2.05) is 0 Å². The largest absolute Gasteiger partial charge is 0.468 e. The van der Waals surface area contributed by atoms with Crippen molar-refractivity contribution in [3.8, 4) is 0 Å². The quantitative estimate of drug-likeness (QED) is 0.588. The molecular formula is C12H16N2O5S. The van der Waals surface area contributed by atoms with Gasteiger partial charge in [0.05, 0.1) is 18.5 Å². The van der Waals surface area contributed by atoms with Gasteiger partial charge in [-0.1, -0.05) is 12.1 Å². The number of anilines is 2. The summed E-state index contributed by atoms with van der Waals surface area (Å²) in [5.41, 5.74) is 7.11. The standard InChI is InChI=1S/C12H16N2O5S/c1-8-4-3-5-9(13)12(8)14-10(15)6-20(17,18)7-11(16)19-2/h3-5H,6-7,13H2,1-2H3,(H,14,15). The highest BCUT2D eigenvalue weighted by Crippen LogP contribution is 2.22. The summed E-state index contributed by atoms with van der Waals surface area (Å²) in [7, 11) is -2.79. The van der Waals surface area contributed by atoms with E-state index < -0.39 is 33.2 Å². The van der Waals surface area contributed by atoms with Crippen LogP contribution in [0.4, 0.5) is 11.4 Å². The summed E-state index contributed by atoms with van der Waals surface area (Å²) in [6.45, 7) is 1.73. The summed E-state index contributed by atoms with van der Waals surface area (Å²) in [6.07, 6.45) is 0. The van der Waals surface area contributed by atoms with E-state index in [1.54, 1.807) is 25.1 Å². The van der Waals surface area contributed by atoms with Gasteiger partial charge in [0, 0.05) is 0 Å². The predicted octanol–water partition coefficient (Wildman–Crippen LogP) is 0.104. The molecule has 8 heteroatoms. The van der Waals surface area contributed by atoms with Gasteiger partial charge in [0.25, 0.3) is 0 Å². The van der Waals surface area contributed by atoms with Crippen molar-refractivity contribution in [3.05, 3.63) is 23.8 Å². The molecule has 20 heavy (non-hydrogen) atoms. The number of esters is 1. The number of methoxy groups -OCH3 is 1. The molecule has 0 aliphatic rings. The van der Waals surface area contributed by atoms with Crippen LogP contribution >= 0.6 is 0 Å². The third-order valence-electron chi connectivity index (χ3n) is 2.49. The Hall–Kier alpha value is -2.09. The average Bonchev–Trinajstić information content (AvgIpc) is 2.32. The summed E-state index contributed by atoms with van der Waals surface area (Å²) in [5.74, 6) is -3.31. The van der Waals surface area contributed by atoms with E-state index in [2.05, 4.69) is 10.1 Å². The Kier molecular flexibility index (Phi) is 5.09. The van der Waals surface area contributed by atoms with Crippen molar-refractivity contribution < 1.29 is 22.7 Å². The van der Waals surface area contributed by atoms with Gasteiger partial charge in [-0.25, -0.2) is 8.42 Å². The normalized spacial score (nSPS) is 10.9. The molecule has 0 heterocycles. The molecule has 0 aliphatic heterocycles. The van der Waals surface area contributed by atoms with Crippen LogP contribution in [0.3, 0.4) is 0 Å². The van der Waals surface area contributed by atoms with Crippen LogP contribution in [0.15, 0.2) is 18.2 Å². The van der Waals surface area contributed by atoms with Crippen molar-refractivity contribution in [2.45, 2.75) is 6.92 Å². The number of nitrogens with one attached hydrogen (secondary N) is 1. The summed E-state index contributed by atoms with van der Waals surface area (Å²) in [6, 6.07) is 5.04. The first kappa shape index (κ1) is 16.0. The SMILES string of the molecule is COC(=O)CS(=O)(=O)CC(=O)Nc1c(C)cccc1N. The number of carbonyl (C=O) groups is 2. The van der Waals surface area contributed by atoms with E-state index in [0.29, 0.717) is 16.9 Å². The summed E-state index contributed by atoms with van der Waals surface area (Å²) >= 11 is 0. The van der Waals surface area contributed by atoms with Gasteiger partial charge in [0.2, 0.25) is 5.91 Å². The number of sulfone groups is 1. The first-order valence-corrected chi connectivity index (χ1v) is 7.49. The smallest absolute Gasteiger partial charge is 0.320 e. The number of ether oxygens (including phenoxy) is 1. The maximum absolute atomic E-state index is 11.7. The molecule has 110 valence electrons. The van der Waals surface area contributed by atoms with Gasteiger partial charge >= 0.3 is 5.97 Å². The van der Waals surface area contributed by atoms with Gasteiger partial charge in [0.1, 0.15) is 11.5 Å². The Balaban J connectivity index is 2.76. The zero-order valence-electron chi connectivity index (χ0n) is 11.2. The molecule has 0 bridgehead atoms. The zero-order chi connectivity index (χ0) is 15.3. The highest BCUT2D eigenvalue weighted by atomic mass is 32.2. The number of rotatable bonds is 5. The number of amides is 1. The Morgan fingerprint density at radius 3 is 2.50 bits per heavy atom. The molecule has 0 atom stereocenters. The zero-order valence-corrected chi connectivity index (χ0v) is 12.0. The fraction of sp³-hybridized carbons (Fsp3) is 0.333. The first-order chi connectivity index (χ1) is 9.25. The summed E-state index contributed by atoms with van der Waals surface area (Å²) < 4.78 is 27.4. The minimum absolute atomic E-state index is 0.337. The second-order valence-electron chi connectivity index (χ2n) is 4.20. The Morgan fingerprint density at radius 1 is 1.30 bits per heavy atom. The third kappa shape index (κ3) is 4.54. The van der Waals surface area contributed by atoms with Crippen molar-refractivity contribution >= 4 is 33.1 Å².